The smallest absolute Gasteiger partial charge is 0.317 e. The molecule has 2 N–H and O–H groups in total. The predicted octanol–water partition coefficient (Wildman–Crippen LogP) is -1.23. The molecule has 19 heavy (non-hydrogen) atoms. The zero-order valence-electron chi connectivity index (χ0n) is 10.1. The fourth-order valence-electron chi connectivity index (χ4n) is 1.70. The summed E-state index contributed by atoms with van der Waals surface area (Å²) in [5.41, 5.74) is 0. The van der Waals surface area contributed by atoms with E-state index in [1.807, 2.05) is 0 Å². The van der Waals surface area contributed by atoms with Crippen molar-refractivity contribution in [1.82, 2.24) is 9.80 Å². The Morgan fingerprint density at radius 2 is 1.53 bits per heavy atom. The van der Waals surface area contributed by atoms with Gasteiger partial charge in [-0.2, -0.15) is 0 Å². The number of hydrogen-bond donors (Lipinski definition) is 2. The lowest BCUT2D eigenvalue weighted by Crippen LogP contribution is -2.38. The Morgan fingerprint density at radius 3 is 1.95 bits per heavy atom. The van der Waals surface area contributed by atoms with Crippen LogP contribution in [0.1, 0.15) is 6.42 Å². The number of rotatable bonds is 8. The molecule has 1 heterocycles. The number of carboxylic acid groups (broad SMARTS) is 2. The number of aliphatic carboxylic acids is 2. The highest BCUT2D eigenvalue weighted by Gasteiger charge is 2.23. The van der Waals surface area contributed by atoms with Crippen molar-refractivity contribution >= 4 is 23.8 Å². The third-order valence-electron chi connectivity index (χ3n) is 2.47. The van der Waals surface area contributed by atoms with Crippen LogP contribution >= 0.6 is 0 Å². The fourth-order valence-corrected chi connectivity index (χ4v) is 1.70. The quantitative estimate of drug-likeness (QED) is 0.531. The van der Waals surface area contributed by atoms with Crippen molar-refractivity contribution in [1.29, 1.82) is 0 Å². The van der Waals surface area contributed by atoms with Crippen LogP contribution in [-0.4, -0.2) is 69.9 Å². The molecule has 0 radical (unpaired) electrons. The summed E-state index contributed by atoms with van der Waals surface area (Å²) in [5, 5.41) is 17.3. The SMILES string of the molecule is O=C(O)CN(CCCN1C(=O)C=CC1=O)CC(=O)O. The molecular weight excluding hydrogens is 256 g/mol. The minimum Gasteiger partial charge on any atom is -0.480 e. The van der Waals surface area contributed by atoms with Gasteiger partial charge in [0.1, 0.15) is 0 Å². The normalized spacial score (nSPS) is 14.5. The molecule has 0 aromatic rings. The van der Waals surface area contributed by atoms with Crippen LogP contribution in [0.3, 0.4) is 0 Å². The van der Waals surface area contributed by atoms with Gasteiger partial charge in [-0.1, -0.05) is 0 Å². The highest BCUT2D eigenvalue weighted by atomic mass is 16.4. The molecule has 1 aliphatic rings. The van der Waals surface area contributed by atoms with E-state index in [4.69, 9.17) is 10.2 Å². The number of hydrogen-bond acceptors (Lipinski definition) is 5. The highest BCUT2D eigenvalue weighted by molar-refractivity contribution is 6.12. The van der Waals surface area contributed by atoms with Gasteiger partial charge in [0.25, 0.3) is 11.8 Å². The van der Waals surface area contributed by atoms with Crippen molar-refractivity contribution in [3.05, 3.63) is 12.2 Å². The van der Waals surface area contributed by atoms with E-state index in [1.54, 1.807) is 0 Å². The van der Waals surface area contributed by atoms with Gasteiger partial charge in [-0.15, -0.1) is 0 Å². The molecule has 0 spiro atoms. The number of carbonyl (C=O) groups excluding carboxylic acids is 2. The largest absolute Gasteiger partial charge is 0.480 e. The Morgan fingerprint density at radius 1 is 1.05 bits per heavy atom. The standard InChI is InChI=1S/C11H14N2O6/c14-8-2-3-9(15)13(8)5-1-4-12(6-10(16)17)7-11(18)19/h2-3H,1,4-7H2,(H,16,17)(H,18,19). The van der Waals surface area contributed by atoms with Gasteiger partial charge < -0.3 is 10.2 Å². The van der Waals surface area contributed by atoms with Gasteiger partial charge >= 0.3 is 11.9 Å². The zero-order chi connectivity index (χ0) is 14.4. The van der Waals surface area contributed by atoms with E-state index < -0.39 is 36.8 Å². The first kappa shape index (κ1) is 14.8. The van der Waals surface area contributed by atoms with Crippen molar-refractivity contribution in [3.8, 4) is 0 Å². The average molecular weight is 270 g/mol. The van der Waals surface area contributed by atoms with Crippen LogP contribution in [0.5, 0.6) is 0 Å². The van der Waals surface area contributed by atoms with Crippen LogP contribution in [0.15, 0.2) is 12.2 Å². The molecule has 0 aromatic carbocycles. The summed E-state index contributed by atoms with van der Waals surface area (Å²) in [7, 11) is 0. The predicted molar refractivity (Wildman–Crippen MR) is 62.2 cm³/mol. The van der Waals surface area contributed by atoms with Crippen molar-refractivity contribution in [3.63, 3.8) is 0 Å². The Bertz CT molecular complexity index is 397. The highest BCUT2D eigenvalue weighted by Crippen LogP contribution is 2.04. The molecule has 104 valence electrons. The molecule has 8 heteroatoms. The molecule has 8 nitrogen and oxygen atoms in total. The Hall–Kier alpha value is -2.22. The Kier molecular flexibility index (Phi) is 5.19. The molecule has 0 saturated carbocycles. The molecule has 0 aromatic heterocycles. The lowest BCUT2D eigenvalue weighted by molar-refractivity contribution is -0.143. The van der Waals surface area contributed by atoms with E-state index in [0.717, 1.165) is 17.1 Å². The maximum Gasteiger partial charge on any atom is 0.317 e. The van der Waals surface area contributed by atoms with Gasteiger partial charge in [-0.3, -0.25) is 29.0 Å². The van der Waals surface area contributed by atoms with E-state index in [-0.39, 0.29) is 13.1 Å². The first-order chi connectivity index (χ1) is 8.90. The topological polar surface area (TPSA) is 115 Å². The maximum atomic E-state index is 11.2. The van der Waals surface area contributed by atoms with E-state index in [9.17, 15) is 19.2 Å². The van der Waals surface area contributed by atoms with Crippen molar-refractivity contribution in [2.45, 2.75) is 6.42 Å². The fraction of sp³-hybridized carbons (Fsp3) is 0.455. The second-order valence-corrected chi connectivity index (χ2v) is 4.01. The lowest BCUT2D eigenvalue weighted by Gasteiger charge is -2.19. The van der Waals surface area contributed by atoms with Crippen LogP contribution in [0, 0.1) is 0 Å². The lowest BCUT2D eigenvalue weighted by atomic mass is 10.3. The van der Waals surface area contributed by atoms with Gasteiger partial charge in [0.15, 0.2) is 0 Å². The molecular formula is C11H14N2O6. The molecule has 0 atom stereocenters. The summed E-state index contributed by atoms with van der Waals surface area (Å²) in [6, 6.07) is 0. The Balaban J connectivity index is 2.39. The van der Waals surface area contributed by atoms with Crippen LogP contribution in [0.4, 0.5) is 0 Å². The number of carbonyl (C=O) groups is 4. The van der Waals surface area contributed by atoms with Gasteiger partial charge in [-0.25, -0.2) is 0 Å². The first-order valence-electron chi connectivity index (χ1n) is 5.59. The summed E-state index contributed by atoms with van der Waals surface area (Å²) < 4.78 is 0. The maximum absolute atomic E-state index is 11.2. The minimum atomic E-state index is -1.13. The molecule has 0 aliphatic carbocycles. The van der Waals surface area contributed by atoms with Crippen LogP contribution in [-0.2, 0) is 19.2 Å². The van der Waals surface area contributed by atoms with E-state index in [2.05, 4.69) is 0 Å². The van der Waals surface area contributed by atoms with Gasteiger partial charge in [0, 0.05) is 25.2 Å². The summed E-state index contributed by atoms with van der Waals surface area (Å²) in [6.07, 6.45) is 2.64. The number of nitrogens with zero attached hydrogens (tertiary/aromatic N) is 2. The Labute approximate surface area is 108 Å². The van der Waals surface area contributed by atoms with Crippen molar-refractivity contribution in [2.75, 3.05) is 26.2 Å². The second-order valence-electron chi connectivity index (χ2n) is 4.01. The molecule has 0 bridgehead atoms. The van der Waals surface area contributed by atoms with Crippen LogP contribution < -0.4 is 0 Å². The van der Waals surface area contributed by atoms with Crippen LogP contribution in [0.2, 0.25) is 0 Å². The summed E-state index contributed by atoms with van der Waals surface area (Å²) in [5.74, 6) is -3.08. The van der Waals surface area contributed by atoms with Gasteiger partial charge in [0.2, 0.25) is 0 Å². The first-order valence-corrected chi connectivity index (χ1v) is 5.59. The number of carboxylic acids is 2. The van der Waals surface area contributed by atoms with Gasteiger partial charge in [-0.05, 0) is 6.42 Å². The third kappa shape index (κ3) is 4.88. The molecule has 1 rings (SSSR count). The summed E-state index contributed by atoms with van der Waals surface area (Å²) >= 11 is 0. The van der Waals surface area contributed by atoms with Crippen molar-refractivity contribution < 1.29 is 29.4 Å². The third-order valence-corrected chi connectivity index (χ3v) is 2.47. The second kappa shape index (κ2) is 6.64. The molecule has 0 fully saturated rings. The van der Waals surface area contributed by atoms with E-state index in [0.29, 0.717) is 6.42 Å². The minimum absolute atomic E-state index is 0.139. The zero-order valence-corrected chi connectivity index (χ0v) is 10.1. The van der Waals surface area contributed by atoms with Crippen LogP contribution in [0.25, 0.3) is 0 Å². The number of amides is 2. The molecule has 0 unspecified atom stereocenters. The van der Waals surface area contributed by atoms with E-state index >= 15 is 0 Å². The number of imide groups is 1. The molecule has 2 amide bonds. The summed E-state index contributed by atoms with van der Waals surface area (Å²) in [4.78, 5) is 45.8. The molecule has 0 saturated heterocycles. The molecule has 1 aliphatic heterocycles. The van der Waals surface area contributed by atoms with E-state index in [1.165, 1.54) is 4.90 Å². The average Bonchev–Trinajstić information content (AvgIpc) is 2.58. The van der Waals surface area contributed by atoms with Crippen molar-refractivity contribution in [2.24, 2.45) is 0 Å². The van der Waals surface area contributed by atoms with Gasteiger partial charge in [0.05, 0.1) is 13.1 Å². The monoisotopic (exact) mass is 270 g/mol. The summed E-state index contributed by atoms with van der Waals surface area (Å²) in [6.45, 7) is -0.477.